The summed E-state index contributed by atoms with van der Waals surface area (Å²) in [7, 11) is 0. The van der Waals surface area contributed by atoms with E-state index in [2.05, 4.69) is 15.1 Å². The van der Waals surface area contributed by atoms with Crippen LogP contribution >= 0.6 is 11.8 Å². The van der Waals surface area contributed by atoms with E-state index >= 15 is 0 Å². The minimum Gasteiger partial charge on any atom is -0.396 e. The van der Waals surface area contributed by atoms with Gasteiger partial charge in [-0.2, -0.15) is 5.10 Å². The highest BCUT2D eigenvalue weighted by Crippen LogP contribution is 2.23. The van der Waals surface area contributed by atoms with Crippen molar-refractivity contribution in [1.82, 2.24) is 19.7 Å². The van der Waals surface area contributed by atoms with Crippen LogP contribution in [-0.4, -0.2) is 48.9 Å². The molecule has 2 rings (SSSR count). The van der Waals surface area contributed by atoms with Crippen molar-refractivity contribution in [3.8, 4) is 0 Å². The van der Waals surface area contributed by atoms with Gasteiger partial charge in [0.2, 0.25) is 0 Å². The molecule has 0 fully saturated rings. The Labute approximate surface area is 96.3 Å². The van der Waals surface area contributed by atoms with Gasteiger partial charge in [-0.05, 0) is 0 Å². The Morgan fingerprint density at radius 1 is 1.25 bits per heavy atom. The fourth-order valence-electron chi connectivity index (χ4n) is 1.39. The molecule has 7 heteroatoms. The average Bonchev–Trinajstić information content (AvgIpc) is 2.71. The molecule has 86 valence electrons. The van der Waals surface area contributed by atoms with Crippen molar-refractivity contribution in [2.75, 3.05) is 19.0 Å². The zero-order valence-corrected chi connectivity index (χ0v) is 9.39. The molecule has 0 spiro atoms. The molecule has 0 saturated heterocycles. The second kappa shape index (κ2) is 5.24. The lowest BCUT2D eigenvalue weighted by molar-refractivity contribution is 0.271. The van der Waals surface area contributed by atoms with Crippen LogP contribution in [0.4, 0.5) is 0 Å². The Morgan fingerprint density at radius 3 is 2.88 bits per heavy atom. The van der Waals surface area contributed by atoms with E-state index in [1.165, 1.54) is 18.1 Å². The van der Waals surface area contributed by atoms with E-state index in [1.807, 2.05) is 0 Å². The van der Waals surface area contributed by atoms with E-state index < -0.39 is 0 Å². The molecule has 0 aliphatic heterocycles. The minimum absolute atomic E-state index is 0.0277. The molecule has 0 aromatic carbocycles. The van der Waals surface area contributed by atoms with Crippen molar-refractivity contribution >= 4 is 22.8 Å². The van der Waals surface area contributed by atoms with Crippen molar-refractivity contribution < 1.29 is 10.2 Å². The maximum Gasteiger partial charge on any atom is 0.162 e. The fraction of sp³-hybridized carbons (Fsp3) is 0.444. The van der Waals surface area contributed by atoms with Crippen molar-refractivity contribution in [1.29, 1.82) is 0 Å². The number of nitrogens with zero attached hydrogens (tertiary/aromatic N) is 4. The van der Waals surface area contributed by atoms with Gasteiger partial charge in [-0.3, -0.25) is 0 Å². The SMILES string of the molecule is OCCSc1ncnc2c1cnn2CCO. The van der Waals surface area contributed by atoms with Crippen molar-refractivity contribution in [3.05, 3.63) is 12.5 Å². The largest absolute Gasteiger partial charge is 0.396 e. The highest BCUT2D eigenvalue weighted by molar-refractivity contribution is 7.99. The second-order valence-corrected chi connectivity index (χ2v) is 4.16. The highest BCUT2D eigenvalue weighted by atomic mass is 32.2. The summed E-state index contributed by atoms with van der Waals surface area (Å²) in [6.07, 6.45) is 3.16. The first-order valence-electron chi connectivity index (χ1n) is 4.88. The fourth-order valence-corrected chi connectivity index (χ4v) is 2.09. The molecule has 0 aliphatic carbocycles. The molecule has 0 amide bonds. The Bertz CT molecular complexity index is 473. The van der Waals surface area contributed by atoms with Gasteiger partial charge in [-0.15, -0.1) is 11.8 Å². The van der Waals surface area contributed by atoms with Gasteiger partial charge in [0.25, 0.3) is 0 Å². The molecule has 2 heterocycles. The molecule has 2 aromatic rings. The highest BCUT2D eigenvalue weighted by Gasteiger charge is 2.09. The van der Waals surface area contributed by atoms with Crippen LogP contribution in [0.2, 0.25) is 0 Å². The summed E-state index contributed by atoms with van der Waals surface area (Å²) >= 11 is 1.46. The molecule has 0 saturated carbocycles. The Hall–Kier alpha value is -1.18. The Balaban J connectivity index is 2.36. The number of hydrogen-bond acceptors (Lipinski definition) is 6. The molecule has 0 radical (unpaired) electrons. The number of fused-ring (bicyclic) bond motifs is 1. The van der Waals surface area contributed by atoms with Crippen molar-refractivity contribution in [2.45, 2.75) is 11.6 Å². The number of aliphatic hydroxyl groups excluding tert-OH is 2. The number of thioether (sulfide) groups is 1. The lowest BCUT2D eigenvalue weighted by Crippen LogP contribution is -2.04. The topological polar surface area (TPSA) is 84.1 Å². The number of hydrogen-bond donors (Lipinski definition) is 2. The van der Waals surface area contributed by atoms with Gasteiger partial charge in [0.1, 0.15) is 11.4 Å². The molecule has 2 N–H and O–H groups in total. The van der Waals surface area contributed by atoms with Crippen LogP contribution < -0.4 is 0 Å². The molecule has 6 nitrogen and oxygen atoms in total. The maximum atomic E-state index is 8.87. The summed E-state index contributed by atoms with van der Waals surface area (Å²) < 4.78 is 1.64. The molecular weight excluding hydrogens is 228 g/mol. The van der Waals surface area contributed by atoms with Gasteiger partial charge in [-0.25, -0.2) is 14.6 Å². The third-order valence-electron chi connectivity index (χ3n) is 2.04. The van der Waals surface area contributed by atoms with Crippen molar-refractivity contribution in [3.63, 3.8) is 0 Å². The normalized spacial score (nSPS) is 11.1. The van der Waals surface area contributed by atoms with E-state index in [0.717, 1.165) is 10.4 Å². The number of rotatable bonds is 5. The van der Waals surface area contributed by atoms with Crippen LogP contribution in [0.25, 0.3) is 11.0 Å². The first-order valence-corrected chi connectivity index (χ1v) is 5.86. The predicted molar refractivity (Wildman–Crippen MR) is 60.2 cm³/mol. The summed E-state index contributed by atoms with van der Waals surface area (Å²) in [6, 6.07) is 0. The zero-order chi connectivity index (χ0) is 11.4. The van der Waals surface area contributed by atoms with Gasteiger partial charge in [0.05, 0.1) is 31.3 Å². The lowest BCUT2D eigenvalue weighted by Gasteiger charge is -2.01. The maximum absolute atomic E-state index is 8.87. The molecule has 0 atom stereocenters. The third kappa shape index (κ3) is 2.16. The molecule has 16 heavy (non-hydrogen) atoms. The lowest BCUT2D eigenvalue weighted by atomic mass is 10.4. The molecule has 0 unspecified atom stereocenters. The van der Waals surface area contributed by atoms with Crippen LogP contribution in [0, 0.1) is 0 Å². The van der Waals surface area contributed by atoms with E-state index in [0.29, 0.717) is 17.9 Å². The van der Waals surface area contributed by atoms with Crippen LogP contribution in [0.1, 0.15) is 0 Å². The number of aromatic nitrogens is 4. The average molecular weight is 240 g/mol. The van der Waals surface area contributed by atoms with E-state index in [9.17, 15) is 0 Å². The predicted octanol–water partition coefficient (Wildman–Crippen LogP) is -0.0970. The van der Waals surface area contributed by atoms with Crippen LogP contribution in [0.5, 0.6) is 0 Å². The van der Waals surface area contributed by atoms with Crippen LogP contribution in [0.15, 0.2) is 17.6 Å². The summed E-state index contributed by atoms with van der Waals surface area (Å²) in [5, 5.41) is 23.4. The van der Waals surface area contributed by atoms with Crippen molar-refractivity contribution in [2.24, 2.45) is 0 Å². The first kappa shape index (κ1) is 11.3. The number of aliphatic hydroxyl groups is 2. The van der Waals surface area contributed by atoms with Gasteiger partial charge in [0, 0.05) is 5.75 Å². The molecular formula is C9H12N4O2S. The van der Waals surface area contributed by atoms with Gasteiger partial charge >= 0.3 is 0 Å². The zero-order valence-electron chi connectivity index (χ0n) is 8.57. The third-order valence-corrected chi connectivity index (χ3v) is 3.02. The summed E-state index contributed by atoms with van der Waals surface area (Å²) in [4.78, 5) is 8.27. The molecule has 2 aromatic heterocycles. The van der Waals surface area contributed by atoms with E-state index in [4.69, 9.17) is 10.2 Å². The smallest absolute Gasteiger partial charge is 0.162 e. The van der Waals surface area contributed by atoms with Gasteiger partial charge in [-0.1, -0.05) is 0 Å². The summed E-state index contributed by atoms with van der Waals surface area (Å²) in [6.45, 7) is 0.561. The monoisotopic (exact) mass is 240 g/mol. The van der Waals surface area contributed by atoms with Gasteiger partial charge < -0.3 is 10.2 Å². The van der Waals surface area contributed by atoms with Crippen LogP contribution in [0.3, 0.4) is 0 Å². The Morgan fingerprint density at radius 2 is 2.12 bits per heavy atom. The molecule has 0 aliphatic rings. The summed E-state index contributed by atoms with van der Waals surface area (Å²) in [5.74, 6) is 0.595. The summed E-state index contributed by atoms with van der Waals surface area (Å²) in [5.41, 5.74) is 0.712. The van der Waals surface area contributed by atoms with E-state index in [1.54, 1.807) is 10.9 Å². The molecule has 0 bridgehead atoms. The first-order chi connectivity index (χ1) is 7.86. The van der Waals surface area contributed by atoms with Crippen LogP contribution in [-0.2, 0) is 6.54 Å². The standard InChI is InChI=1S/C9H12N4O2S/c14-2-1-13-8-7(5-12-13)9(11-6-10-8)16-4-3-15/h5-6,14-15H,1-4H2. The van der Waals surface area contributed by atoms with E-state index in [-0.39, 0.29) is 13.2 Å². The Kier molecular flexibility index (Phi) is 3.70. The van der Waals surface area contributed by atoms with Gasteiger partial charge in [0.15, 0.2) is 5.65 Å². The minimum atomic E-state index is 0.0277. The second-order valence-electron chi connectivity index (χ2n) is 3.08. The quantitative estimate of drug-likeness (QED) is 0.561.